The van der Waals surface area contributed by atoms with Gasteiger partial charge in [-0.1, -0.05) is 43.5 Å². The first kappa shape index (κ1) is 28.6. The van der Waals surface area contributed by atoms with E-state index < -0.39 is 11.6 Å². The zero-order valence-electron chi connectivity index (χ0n) is 25.4. The normalized spacial score (nSPS) is 19.7. The highest BCUT2D eigenvalue weighted by Gasteiger charge is 2.32. The molecule has 3 heterocycles. The number of likely N-dealkylation sites (tertiary alicyclic amines) is 1. The topological polar surface area (TPSA) is 75.0 Å². The number of hydrogen-bond donors (Lipinski definition) is 1. The summed E-state index contributed by atoms with van der Waals surface area (Å²) in [5.74, 6) is 0.0569. The molecule has 1 aliphatic carbocycles. The number of aromatic nitrogens is 1. The van der Waals surface area contributed by atoms with E-state index in [1.165, 1.54) is 60.0 Å². The number of hydrogen-bond acceptors (Lipinski definition) is 4. The van der Waals surface area contributed by atoms with Gasteiger partial charge in [-0.2, -0.15) is 0 Å². The van der Waals surface area contributed by atoms with Crippen LogP contribution in [0.2, 0.25) is 0 Å². The van der Waals surface area contributed by atoms with Crippen LogP contribution in [0.1, 0.15) is 94.0 Å². The van der Waals surface area contributed by atoms with Gasteiger partial charge in [0, 0.05) is 54.9 Å². The zero-order valence-corrected chi connectivity index (χ0v) is 25.4. The highest BCUT2D eigenvalue weighted by molar-refractivity contribution is 5.99. The SMILES string of the molecule is CC(C)(C)OC(=O)N1CCCC(CCN2CCn3c(c(C4CCCCC4)c4ccc(C(=O)O)cc43)-c3ccccc32)C1. The Morgan fingerprint density at radius 3 is 2.50 bits per heavy atom. The van der Waals surface area contributed by atoms with E-state index in [4.69, 9.17) is 4.74 Å². The van der Waals surface area contributed by atoms with E-state index in [0.717, 1.165) is 57.5 Å². The van der Waals surface area contributed by atoms with Crippen LogP contribution in [0.15, 0.2) is 42.5 Å². The van der Waals surface area contributed by atoms with Crippen LogP contribution in [-0.2, 0) is 11.3 Å². The number of benzene rings is 2. The number of carbonyl (C=O) groups is 2. The monoisotopic (exact) mass is 571 g/mol. The molecule has 2 aromatic carbocycles. The maximum Gasteiger partial charge on any atom is 0.410 e. The average molecular weight is 572 g/mol. The van der Waals surface area contributed by atoms with Gasteiger partial charge in [-0.25, -0.2) is 9.59 Å². The maximum atomic E-state index is 12.8. The van der Waals surface area contributed by atoms with Crippen molar-refractivity contribution in [2.45, 2.75) is 90.2 Å². The molecule has 1 atom stereocenters. The Balaban J connectivity index is 1.31. The second-order valence-corrected chi connectivity index (χ2v) is 13.5. The summed E-state index contributed by atoms with van der Waals surface area (Å²) in [4.78, 5) is 29.1. The number of carboxylic acid groups (broad SMARTS) is 1. The molecule has 0 spiro atoms. The van der Waals surface area contributed by atoms with Crippen molar-refractivity contribution in [3.8, 4) is 11.3 Å². The summed E-state index contributed by atoms with van der Waals surface area (Å²) in [6.07, 6.45) is 9.13. The lowest BCUT2D eigenvalue weighted by atomic mass is 9.81. The number of nitrogens with zero attached hydrogens (tertiary/aromatic N) is 3. The van der Waals surface area contributed by atoms with E-state index in [1.807, 2.05) is 31.7 Å². The van der Waals surface area contributed by atoms with Crippen molar-refractivity contribution in [1.82, 2.24) is 9.47 Å². The molecule has 3 aromatic rings. The molecule has 1 N–H and O–H groups in total. The molecule has 0 bridgehead atoms. The second kappa shape index (κ2) is 11.7. The molecule has 1 unspecified atom stereocenters. The van der Waals surface area contributed by atoms with Gasteiger partial charge >= 0.3 is 12.1 Å². The van der Waals surface area contributed by atoms with Crippen molar-refractivity contribution in [3.05, 3.63) is 53.6 Å². The number of para-hydroxylation sites is 1. The van der Waals surface area contributed by atoms with Crippen LogP contribution in [0.4, 0.5) is 10.5 Å². The first-order valence-electron chi connectivity index (χ1n) is 15.9. The lowest BCUT2D eigenvalue weighted by Gasteiger charge is -2.35. The minimum Gasteiger partial charge on any atom is -0.478 e. The molecule has 1 amide bonds. The number of rotatable bonds is 5. The molecule has 224 valence electrons. The summed E-state index contributed by atoms with van der Waals surface area (Å²) in [5, 5.41) is 11.0. The average Bonchev–Trinajstić information content (AvgIpc) is 3.21. The van der Waals surface area contributed by atoms with Crippen LogP contribution < -0.4 is 4.90 Å². The number of ether oxygens (including phenoxy) is 1. The van der Waals surface area contributed by atoms with Crippen molar-refractivity contribution in [1.29, 1.82) is 0 Å². The van der Waals surface area contributed by atoms with Gasteiger partial charge < -0.3 is 24.2 Å². The molecular weight excluding hydrogens is 526 g/mol. The lowest BCUT2D eigenvalue weighted by molar-refractivity contribution is 0.0162. The predicted octanol–water partition coefficient (Wildman–Crippen LogP) is 7.91. The fraction of sp³-hybridized carbons (Fsp3) is 0.543. The first-order valence-corrected chi connectivity index (χ1v) is 15.9. The molecule has 1 saturated carbocycles. The van der Waals surface area contributed by atoms with Crippen LogP contribution in [0, 0.1) is 5.92 Å². The van der Waals surface area contributed by atoms with Gasteiger partial charge in [0.15, 0.2) is 0 Å². The van der Waals surface area contributed by atoms with Crippen molar-refractivity contribution in [3.63, 3.8) is 0 Å². The third-order valence-corrected chi connectivity index (χ3v) is 9.44. The predicted molar refractivity (Wildman–Crippen MR) is 168 cm³/mol. The van der Waals surface area contributed by atoms with E-state index in [2.05, 4.69) is 39.8 Å². The Hall–Kier alpha value is -3.48. The largest absolute Gasteiger partial charge is 0.478 e. The van der Waals surface area contributed by atoms with Crippen molar-refractivity contribution in [2.75, 3.05) is 31.1 Å². The molecule has 7 nitrogen and oxygen atoms in total. The maximum absolute atomic E-state index is 12.8. The summed E-state index contributed by atoms with van der Waals surface area (Å²) in [7, 11) is 0. The van der Waals surface area contributed by atoms with Gasteiger partial charge in [-0.3, -0.25) is 0 Å². The van der Waals surface area contributed by atoms with Gasteiger partial charge in [-0.05, 0) is 88.5 Å². The van der Waals surface area contributed by atoms with Gasteiger partial charge in [0.25, 0.3) is 0 Å². The van der Waals surface area contributed by atoms with Crippen LogP contribution in [0.5, 0.6) is 0 Å². The molecule has 0 radical (unpaired) electrons. The molecule has 42 heavy (non-hydrogen) atoms. The van der Waals surface area contributed by atoms with Gasteiger partial charge in [0.05, 0.1) is 11.3 Å². The smallest absolute Gasteiger partial charge is 0.410 e. The highest BCUT2D eigenvalue weighted by atomic mass is 16.6. The summed E-state index contributed by atoms with van der Waals surface area (Å²) in [6, 6.07) is 14.5. The van der Waals surface area contributed by atoms with Crippen molar-refractivity contribution >= 4 is 28.7 Å². The number of fused-ring (bicyclic) bond motifs is 5. The fourth-order valence-electron chi connectivity index (χ4n) is 7.49. The molecule has 3 aliphatic rings. The fourth-order valence-corrected chi connectivity index (χ4v) is 7.49. The highest BCUT2D eigenvalue weighted by Crippen LogP contribution is 2.47. The standard InChI is InChI=1S/C35H45N3O4/c1-35(2,3)42-34(41)37-18-9-10-24(23-37)17-19-36-20-21-38-30-22-26(33(39)40)15-16-27(30)31(25-11-5-4-6-12-25)32(38)28-13-7-8-14-29(28)36/h7-8,13-16,22,24-25H,4-6,9-12,17-21,23H2,1-3H3,(H,39,40). The van der Waals surface area contributed by atoms with Crippen LogP contribution in [-0.4, -0.2) is 58.4 Å². The Kier molecular flexibility index (Phi) is 7.95. The third-order valence-electron chi connectivity index (χ3n) is 9.44. The number of piperidine rings is 1. The number of carbonyl (C=O) groups excluding carboxylic acids is 1. The Labute approximate surface area is 249 Å². The number of aromatic carboxylic acids is 1. The summed E-state index contributed by atoms with van der Waals surface area (Å²) in [6.45, 7) is 9.87. The lowest BCUT2D eigenvalue weighted by Crippen LogP contribution is -2.43. The molecule has 6 rings (SSSR count). The van der Waals surface area contributed by atoms with Gasteiger partial charge in [-0.15, -0.1) is 0 Å². The molecule has 7 heteroatoms. The van der Waals surface area contributed by atoms with E-state index >= 15 is 0 Å². The van der Waals surface area contributed by atoms with Crippen LogP contribution >= 0.6 is 0 Å². The Morgan fingerprint density at radius 2 is 1.74 bits per heavy atom. The second-order valence-electron chi connectivity index (χ2n) is 13.5. The Bertz CT molecular complexity index is 1460. The molecule has 1 saturated heterocycles. The minimum absolute atomic E-state index is 0.200. The first-order chi connectivity index (χ1) is 20.2. The summed E-state index contributed by atoms with van der Waals surface area (Å²) in [5.41, 5.74) is 6.11. The number of carboxylic acids is 1. The quantitative estimate of drug-likeness (QED) is 0.337. The van der Waals surface area contributed by atoms with Crippen molar-refractivity contribution in [2.24, 2.45) is 5.92 Å². The van der Waals surface area contributed by atoms with Crippen molar-refractivity contribution < 1.29 is 19.4 Å². The molecule has 1 aromatic heterocycles. The number of amides is 1. The summed E-state index contributed by atoms with van der Waals surface area (Å²) < 4.78 is 8.08. The van der Waals surface area contributed by atoms with E-state index in [9.17, 15) is 14.7 Å². The van der Waals surface area contributed by atoms with E-state index in [1.54, 1.807) is 6.07 Å². The molecule has 2 fully saturated rings. The summed E-state index contributed by atoms with van der Waals surface area (Å²) >= 11 is 0. The van der Waals surface area contributed by atoms with Crippen LogP contribution in [0.25, 0.3) is 22.2 Å². The Morgan fingerprint density at radius 1 is 0.952 bits per heavy atom. The van der Waals surface area contributed by atoms with Gasteiger partial charge in [0.1, 0.15) is 5.60 Å². The van der Waals surface area contributed by atoms with Gasteiger partial charge in [0.2, 0.25) is 0 Å². The zero-order chi connectivity index (χ0) is 29.4. The number of anilines is 1. The van der Waals surface area contributed by atoms with E-state index in [-0.39, 0.29) is 6.09 Å². The molecular formula is C35H45N3O4. The molecule has 2 aliphatic heterocycles. The van der Waals surface area contributed by atoms with Crippen LogP contribution in [0.3, 0.4) is 0 Å². The minimum atomic E-state index is -0.879. The van der Waals surface area contributed by atoms with E-state index in [0.29, 0.717) is 17.4 Å². The third kappa shape index (κ3) is 5.75.